The summed E-state index contributed by atoms with van der Waals surface area (Å²) < 4.78 is 0. The van der Waals surface area contributed by atoms with E-state index in [1.807, 2.05) is 18.2 Å². The maximum atomic E-state index is 11.9. The lowest BCUT2D eigenvalue weighted by Crippen LogP contribution is -2.29. The van der Waals surface area contributed by atoms with Gasteiger partial charge < -0.3 is 15.7 Å². The van der Waals surface area contributed by atoms with Gasteiger partial charge in [-0.25, -0.2) is 0 Å². The van der Waals surface area contributed by atoms with Gasteiger partial charge in [-0.1, -0.05) is 13.0 Å². The van der Waals surface area contributed by atoms with Gasteiger partial charge in [-0.3, -0.25) is 9.59 Å². The fourth-order valence-electron chi connectivity index (χ4n) is 2.17. The lowest BCUT2D eigenvalue weighted by atomic mass is 10.1. The summed E-state index contributed by atoms with van der Waals surface area (Å²) >= 11 is 0. The van der Waals surface area contributed by atoms with E-state index in [9.17, 15) is 9.59 Å². The minimum absolute atomic E-state index is 0.0615. The van der Waals surface area contributed by atoms with E-state index in [0.717, 1.165) is 18.7 Å². The molecule has 0 aliphatic carbocycles. The first-order valence-electron chi connectivity index (χ1n) is 6.43. The number of carbonyl (C=O) groups excluding carboxylic acids is 1. The molecule has 5 nitrogen and oxygen atoms in total. The summed E-state index contributed by atoms with van der Waals surface area (Å²) in [4.78, 5) is 22.5. The van der Waals surface area contributed by atoms with Crippen molar-refractivity contribution >= 4 is 17.6 Å². The highest BCUT2D eigenvalue weighted by atomic mass is 16.4. The van der Waals surface area contributed by atoms with E-state index in [1.54, 1.807) is 6.92 Å². The number of carboxylic acids is 1. The van der Waals surface area contributed by atoms with Crippen LogP contribution in [0, 0.1) is 5.92 Å². The second-order valence-corrected chi connectivity index (χ2v) is 4.96. The van der Waals surface area contributed by atoms with Crippen LogP contribution in [-0.4, -0.2) is 30.1 Å². The van der Waals surface area contributed by atoms with E-state index in [2.05, 4.69) is 10.6 Å². The van der Waals surface area contributed by atoms with Crippen LogP contribution < -0.4 is 10.6 Å². The highest BCUT2D eigenvalue weighted by Gasteiger charge is 2.14. The Morgan fingerprint density at radius 1 is 1.47 bits per heavy atom. The van der Waals surface area contributed by atoms with Crippen LogP contribution in [0.3, 0.4) is 0 Å². The van der Waals surface area contributed by atoms with E-state index in [0.29, 0.717) is 12.1 Å². The van der Waals surface area contributed by atoms with E-state index < -0.39 is 5.97 Å². The van der Waals surface area contributed by atoms with Crippen LogP contribution in [-0.2, 0) is 11.2 Å². The summed E-state index contributed by atoms with van der Waals surface area (Å²) in [5.41, 5.74) is 2.86. The highest BCUT2D eigenvalue weighted by Crippen LogP contribution is 2.23. The smallest absolute Gasteiger partial charge is 0.303 e. The van der Waals surface area contributed by atoms with Crippen molar-refractivity contribution in [3.63, 3.8) is 0 Å². The van der Waals surface area contributed by atoms with E-state index in [1.165, 1.54) is 5.56 Å². The molecule has 1 aliphatic heterocycles. The first-order chi connectivity index (χ1) is 9.06. The zero-order chi connectivity index (χ0) is 13.8. The van der Waals surface area contributed by atoms with Crippen molar-refractivity contribution in [3.05, 3.63) is 29.3 Å². The molecule has 3 N–H and O–H groups in total. The number of aliphatic carboxylic acids is 1. The molecule has 0 aromatic heterocycles. The number of anilines is 1. The SMILES string of the molecule is CC(CNC(=O)c1ccc2c(c1)NCC2)CC(=O)O. The van der Waals surface area contributed by atoms with Gasteiger partial charge in [0.15, 0.2) is 0 Å². The minimum atomic E-state index is -0.844. The van der Waals surface area contributed by atoms with Crippen LogP contribution in [0.5, 0.6) is 0 Å². The van der Waals surface area contributed by atoms with Crippen molar-refractivity contribution in [2.75, 3.05) is 18.4 Å². The van der Waals surface area contributed by atoms with Gasteiger partial charge in [0, 0.05) is 30.8 Å². The Labute approximate surface area is 112 Å². The Kier molecular flexibility index (Phi) is 4.04. The molecule has 19 heavy (non-hydrogen) atoms. The van der Waals surface area contributed by atoms with Crippen molar-refractivity contribution in [2.24, 2.45) is 5.92 Å². The van der Waals surface area contributed by atoms with Crippen LogP contribution >= 0.6 is 0 Å². The number of carbonyl (C=O) groups is 2. The van der Waals surface area contributed by atoms with E-state index in [4.69, 9.17) is 5.11 Å². The van der Waals surface area contributed by atoms with E-state index in [-0.39, 0.29) is 18.2 Å². The molecule has 1 amide bonds. The number of rotatable bonds is 5. The molecule has 0 saturated carbocycles. The van der Waals surface area contributed by atoms with Crippen molar-refractivity contribution in [3.8, 4) is 0 Å². The van der Waals surface area contributed by atoms with Crippen molar-refractivity contribution in [1.82, 2.24) is 5.32 Å². The van der Waals surface area contributed by atoms with Gasteiger partial charge in [0.2, 0.25) is 0 Å². The monoisotopic (exact) mass is 262 g/mol. The first-order valence-corrected chi connectivity index (χ1v) is 6.43. The predicted molar refractivity (Wildman–Crippen MR) is 72.4 cm³/mol. The third-order valence-corrected chi connectivity index (χ3v) is 3.22. The highest BCUT2D eigenvalue weighted by molar-refractivity contribution is 5.95. The average molecular weight is 262 g/mol. The zero-order valence-corrected chi connectivity index (χ0v) is 10.9. The fraction of sp³-hybridized carbons (Fsp3) is 0.429. The van der Waals surface area contributed by atoms with Gasteiger partial charge in [-0.05, 0) is 30.0 Å². The molecule has 1 aromatic carbocycles. The van der Waals surface area contributed by atoms with E-state index >= 15 is 0 Å². The van der Waals surface area contributed by atoms with Gasteiger partial charge in [0.1, 0.15) is 0 Å². The summed E-state index contributed by atoms with van der Waals surface area (Å²) in [6.07, 6.45) is 1.05. The fourth-order valence-corrected chi connectivity index (χ4v) is 2.17. The predicted octanol–water partition coefficient (Wildman–Crippen LogP) is 1.50. The van der Waals surface area contributed by atoms with Gasteiger partial charge in [0.25, 0.3) is 5.91 Å². The lowest BCUT2D eigenvalue weighted by Gasteiger charge is -2.11. The van der Waals surface area contributed by atoms with Crippen LogP contribution in [0.1, 0.15) is 29.3 Å². The number of hydrogen-bond donors (Lipinski definition) is 3. The van der Waals surface area contributed by atoms with Crippen molar-refractivity contribution < 1.29 is 14.7 Å². The Morgan fingerprint density at radius 2 is 2.26 bits per heavy atom. The van der Waals surface area contributed by atoms with Crippen molar-refractivity contribution in [2.45, 2.75) is 19.8 Å². The molecule has 0 radical (unpaired) electrons. The summed E-state index contributed by atoms with van der Waals surface area (Å²) in [6, 6.07) is 5.62. The largest absolute Gasteiger partial charge is 0.481 e. The van der Waals surface area contributed by atoms with Gasteiger partial charge in [0.05, 0.1) is 0 Å². The van der Waals surface area contributed by atoms with Gasteiger partial charge in [-0.15, -0.1) is 0 Å². The number of fused-ring (bicyclic) bond motifs is 1. The Bertz CT molecular complexity index is 499. The molecular formula is C14H18N2O3. The normalized spacial score (nSPS) is 14.4. The molecule has 0 saturated heterocycles. The summed E-state index contributed by atoms with van der Waals surface area (Å²) in [6.45, 7) is 3.09. The van der Waals surface area contributed by atoms with Crippen LogP contribution in [0.15, 0.2) is 18.2 Å². The van der Waals surface area contributed by atoms with Crippen LogP contribution in [0.4, 0.5) is 5.69 Å². The Morgan fingerprint density at radius 3 is 3.00 bits per heavy atom. The maximum Gasteiger partial charge on any atom is 0.303 e. The number of nitrogens with one attached hydrogen (secondary N) is 2. The molecule has 2 rings (SSSR count). The molecule has 1 aromatic rings. The van der Waals surface area contributed by atoms with Gasteiger partial charge in [-0.2, -0.15) is 0 Å². The Balaban J connectivity index is 1.91. The average Bonchev–Trinajstić information content (AvgIpc) is 2.82. The third-order valence-electron chi connectivity index (χ3n) is 3.22. The molecule has 1 unspecified atom stereocenters. The molecule has 1 heterocycles. The van der Waals surface area contributed by atoms with Crippen LogP contribution in [0.2, 0.25) is 0 Å². The van der Waals surface area contributed by atoms with Gasteiger partial charge >= 0.3 is 5.97 Å². The Hall–Kier alpha value is -2.04. The zero-order valence-electron chi connectivity index (χ0n) is 10.9. The molecule has 0 fully saturated rings. The number of benzene rings is 1. The quantitative estimate of drug-likeness (QED) is 0.751. The lowest BCUT2D eigenvalue weighted by molar-refractivity contribution is -0.137. The first kappa shape index (κ1) is 13.4. The minimum Gasteiger partial charge on any atom is -0.481 e. The molecule has 1 atom stereocenters. The number of hydrogen-bond acceptors (Lipinski definition) is 3. The van der Waals surface area contributed by atoms with Crippen LogP contribution in [0.25, 0.3) is 0 Å². The molecule has 0 bridgehead atoms. The molecule has 1 aliphatic rings. The standard InChI is InChI=1S/C14H18N2O3/c1-9(6-13(17)18)8-16-14(19)11-3-2-10-4-5-15-12(10)7-11/h2-3,7,9,15H,4-6,8H2,1H3,(H,16,19)(H,17,18). The molecule has 5 heteroatoms. The molecule has 0 spiro atoms. The topological polar surface area (TPSA) is 78.4 Å². The molecule has 102 valence electrons. The van der Waals surface area contributed by atoms with Crippen molar-refractivity contribution in [1.29, 1.82) is 0 Å². The maximum absolute atomic E-state index is 11.9. The second kappa shape index (κ2) is 5.73. The second-order valence-electron chi connectivity index (χ2n) is 4.96. The summed E-state index contributed by atoms with van der Waals surface area (Å²) in [5.74, 6) is -1.08. The number of carboxylic acid groups (broad SMARTS) is 1. The number of amides is 1. The summed E-state index contributed by atoms with van der Waals surface area (Å²) in [5, 5.41) is 14.6. The third kappa shape index (κ3) is 3.47. The summed E-state index contributed by atoms with van der Waals surface area (Å²) in [7, 11) is 0. The molecular weight excluding hydrogens is 244 g/mol.